The van der Waals surface area contributed by atoms with Crippen LogP contribution in [0.3, 0.4) is 0 Å². The van der Waals surface area contributed by atoms with Crippen LogP contribution < -0.4 is 4.74 Å². The molecule has 8 nitrogen and oxygen atoms in total. The van der Waals surface area contributed by atoms with Gasteiger partial charge in [-0.2, -0.15) is 5.10 Å². The van der Waals surface area contributed by atoms with Gasteiger partial charge in [-0.05, 0) is 51.8 Å². The van der Waals surface area contributed by atoms with E-state index in [0.29, 0.717) is 32.7 Å². The second kappa shape index (κ2) is 9.15. The van der Waals surface area contributed by atoms with Crippen molar-refractivity contribution in [1.82, 2.24) is 24.6 Å². The first-order valence-corrected chi connectivity index (χ1v) is 10.0. The van der Waals surface area contributed by atoms with Gasteiger partial charge < -0.3 is 14.4 Å². The van der Waals surface area contributed by atoms with Crippen molar-refractivity contribution < 1.29 is 14.3 Å². The first-order chi connectivity index (χ1) is 14.2. The maximum atomic E-state index is 12.6. The number of hydrogen-bond acceptors (Lipinski definition) is 6. The minimum absolute atomic E-state index is 0.0652. The molecule has 1 aliphatic rings. The molecule has 3 aromatic rings. The summed E-state index contributed by atoms with van der Waals surface area (Å²) in [5, 5.41) is 4.10. The van der Waals surface area contributed by atoms with Crippen LogP contribution in [0.2, 0.25) is 0 Å². The number of rotatable bonds is 6. The average molecular weight is 458 g/mol. The number of morpholine rings is 1. The summed E-state index contributed by atoms with van der Waals surface area (Å²) in [6.07, 6.45) is 6.71. The summed E-state index contributed by atoms with van der Waals surface area (Å²) in [6.45, 7) is 1.98. The van der Waals surface area contributed by atoms with Gasteiger partial charge in [0.1, 0.15) is 31.1 Å². The Hall–Kier alpha value is -2.78. The fourth-order valence-electron chi connectivity index (χ4n) is 3.11. The molecule has 2 aromatic heterocycles. The molecule has 1 saturated heterocycles. The first kappa shape index (κ1) is 19.5. The molecule has 1 atom stereocenters. The van der Waals surface area contributed by atoms with Crippen molar-refractivity contribution in [2.45, 2.75) is 12.5 Å². The SMILES string of the molecule is O=C(Cc1cncc(Br)c1)N1CCOC(COc2ccc(-n3cncn3)cc2)C1. The summed E-state index contributed by atoms with van der Waals surface area (Å²) >= 11 is 3.38. The second-order valence-corrected chi connectivity index (χ2v) is 7.58. The molecule has 1 fully saturated rings. The maximum absolute atomic E-state index is 12.6. The molecular weight excluding hydrogens is 438 g/mol. The Morgan fingerprint density at radius 2 is 2.10 bits per heavy atom. The third kappa shape index (κ3) is 5.18. The second-order valence-electron chi connectivity index (χ2n) is 6.67. The smallest absolute Gasteiger partial charge is 0.227 e. The number of halogens is 1. The van der Waals surface area contributed by atoms with Crippen LogP contribution in [-0.4, -0.2) is 63.0 Å². The van der Waals surface area contributed by atoms with Gasteiger partial charge >= 0.3 is 0 Å². The molecule has 1 unspecified atom stereocenters. The van der Waals surface area contributed by atoms with Crippen molar-refractivity contribution in [3.8, 4) is 11.4 Å². The van der Waals surface area contributed by atoms with Crippen molar-refractivity contribution in [3.63, 3.8) is 0 Å². The number of carbonyl (C=O) groups excluding carboxylic acids is 1. The number of hydrogen-bond donors (Lipinski definition) is 0. The zero-order valence-electron chi connectivity index (χ0n) is 15.6. The minimum atomic E-state index is -0.164. The molecule has 1 amide bonds. The molecule has 4 rings (SSSR count). The highest BCUT2D eigenvalue weighted by Gasteiger charge is 2.25. The van der Waals surface area contributed by atoms with Gasteiger partial charge in [-0.1, -0.05) is 0 Å². The molecule has 0 aliphatic carbocycles. The topological polar surface area (TPSA) is 82.4 Å². The lowest BCUT2D eigenvalue weighted by atomic mass is 10.2. The van der Waals surface area contributed by atoms with E-state index in [-0.39, 0.29) is 12.0 Å². The van der Waals surface area contributed by atoms with E-state index in [4.69, 9.17) is 9.47 Å². The summed E-state index contributed by atoms with van der Waals surface area (Å²) in [5.74, 6) is 0.802. The Morgan fingerprint density at radius 1 is 1.24 bits per heavy atom. The monoisotopic (exact) mass is 457 g/mol. The lowest BCUT2D eigenvalue weighted by Gasteiger charge is -2.33. The van der Waals surface area contributed by atoms with E-state index in [1.165, 1.54) is 6.33 Å². The van der Waals surface area contributed by atoms with Crippen molar-refractivity contribution in [2.75, 3.05) is 26.3 Å². The van der Waals surface area contributed by atoms with Gasteiger partial charge in [-0.3, -0.25) is 9.78 Å². The predicted molar refractivity (Wildman–Crippen MR) is 109 cm³/mol. The van der Waals surface area contributed by atoms with E-state index in [1.807, 2.05) is 35.2 Å². The molecule has 0 radical (unpaired) electrons. The van der Waals surface area contributed by atoms with Gasteiger partial charge in [0.25, 0.3) is 0 Å². The van der Waals surface area contributed by atoms with Crippen molar-refractivity contribution in [2.24, 2.45) is 0 Å². The number of ether oxygens (including phenoxy) is 2. The van der Waals surface area contributed by atoms with Crippen LogP contribution in [0.15, 0.2) is 59.9 Å². The van der Waals surface area contributed by atoms with Gasteiger partial charge in [0.15, 0.2) is 0 Å². The van der Waals surface area contributed by atoms with Crippen molar-refractivity contribution >= 4 is 21.8 Å². The lowest BCUT2D eigenvalue weighted by molar-refractivity contribution is -0.139. The molecule has 150 valence electrons. The molecule has 0 N–H and O–H groups in total. The highest BCUT2D eigenvalue weighted by Crippen LogP contribution is 2.17. The molecule has 1 aliphatic heterocycles. The minimum Gasteiger partial charge on any atom is -0.491 e. The number of carbonyl (C=O) groups is 1. The molecule has 9 heteroatoms. The molecule has 1 aromatic carbocycles. The van der Waals surface area contributed by atoms with Crippen molar-refractivity contribution in [1.29, 1.82) is 0 Å². The Bertz CT molecular complexity index is 949. The highest BCUT2D eigenvalue weighted by molar-refractivity contribution is 9.10. The summed E-state index contributed by atoms with van der Waals surface area (Å²) < 4.78 is 14.2. The number of aromatic nitrogens is 4. The number of nitrogens with zero attached hydrogens (tertiary/aromatic N) is 5. The molecule has 0 spiro atoms. The standard InChI is InChI=1S/C20H20BrN5O3/c21-16-7-15(9-22-10-16)8-20(27)25-5-6-28-19(11-25)12-29-18-3-1-17(2-4-18)26-14-23-13-24-26/h1-4,7,9-10,13-14,19H,5-6,8,11-12H2. The quantitative estimate of drug-likeness (QED) is 0.564. The zero-order valence-corrected chi connectivity index (χ0v) is 17.2. The number of pyridine rings is 1. The Balaban J connectivity index is 1.29. The van der Waals surface area contributed by atoms with Gasteiger partial charge in [0.2, 0.25) is 5.91 Å². The number of benzene rings is 1. The summed E-state index contributed by atoms with van der Waals surface area (Å²) in [7, 11) is 0. The van der Waals surface area contributed by atoms with Gasteiger partial charge in [0.05, 0.1) is 25.3 Å². The fraction of sp³-hybridized carbons (Fsp3) is 0.300. The van der Waals surface area contributed by atoms with Crippen LogP contribution in [0.25, 0.3) is 5.69 Å². The van der Waals surface area contributed by atoms with Crippen molar-refractivity contribution in [3.05, 3.63) is 65.4 Å². The fourth-order valence-corrected chi connectivity index (χ4v) is 3.52. The van der Waals surface area contributed by atoms with Crippen LogP contribution in [0.1, 0.15) is 5.56 Å². The van der Waals surface area contributed by atoms with Crippen LogP contribution in [0.5, 0.6) is 5.75 Å². The van der Waals surface area contributed by atoms with Crippen LogP contribution in [-0.2, 0) is 16.0 Å². The molecule has 29 heavy (non-hydrogen) atoms. The molecule has 3 heterocycles. The zero-order chi connectivity index (χ0) is 20.1. The van der Waals surface area contributed by atoms with Crippen LogP contribution >= 0.6 is 15.9 Å². The van der Waals surface area contributed by atoms with E-state index >= 15 is 0 Å². The van der Waals surface area contributed by atoms with Gasteiger partial charge in [0, 0.05) is 23.4 Å². The molecular formula is C20H20BrN5O3. The van der Waals surface area contributed by atoms with Gasteiger partial charge in [-0.15, -0.1) is 0 Å². The number of amides is 1. The predicted octanol–water partition coefficient (Wildman–Crippen LogP) is 2.27. The van der Waals surface area contributed by atoms with E-state index in [1.54, 1.807) is 23.4 Å². The van der Waals surface area contributed by atoms with Crippen LogP contribution in [0.4, 0.5) is 0 Å². The van der Waals surface area contributed by atoms with E-state index in [0.717, 1.165) is 21.5 Å². The first-order valence-electron chi connectivity index (χ1n) is 9.24. The normalized spacial score (nSPS) is 16.6. The Labute approximate surface area is 176 Å². The van der Waals surface area contributed by atoms with Gasteiger partial charge in [-0.25, -0.2) is 9.67 Å². The average Bonchev–Trinajstić information content (AvgIpc) is 3.28. The highest BCUT2D eigenvalue weighted by atomic mass is 79.9. The Kier molecular flexibility index (Phi) is 6.16. The third-order valence-corrected chi connectivity index (χ3v) is 5.00. The molecule has 0 saturated carbocycles. The van der Waals surface area contributed by atoms with E-state index in [9.17, 15) is 4.79 Å². The Morgan fingerprint density at radius 3 is 2.86 bits per heavy atom. The largest absolute Gasteiger partial charge is 0.491 e. The van der Waals surface area contributed by atoms with E-state index < -0.39 is 0 Å². The summed E-state index contributed by atoms with van der Waals surface area (Å²) in [6, 6.07) is 9.49. The van der Waals surface area contributed by atoms with E-state index in [2.05, 4.69) is 31.0 Å². The third-order valence-electron chi connectivity index (χ3n) is 4.56. The lowest BCUT2D eigenvalue weighted by Crippen LogP contribution is -2.48. The van der Waals surface area contributed by atoms with Crippen LogP contribution in [0, 0.1) is 0 Å². The summed E-state index contributed by atoms with van der Waals surface area (Å²) in [5.41, 5.74) is 1.79. The molecule has 0 bridgehead atoms. The summed E-state index contributed by atoms with van der Waals surface area (Å²) in [4.78, 5) is 22.5. The maximum Gasteiger partial charge on any atom is 0.227 e.